The summed E-state index contributed by atoms with van der Waals surface area (Å²) in [5.41, 5.74) is 0.876. The van der Waals surface area contributed by atoms with Crippen LogP contribution in [0.4, 0.5) is 0 Å². The number of likely N-dealkylation sites (tertiary alicyclic amines) is 1. The minimum Gasteiger partial charge on any atom is -0.381 e. The Morgan fingerprint density at radius 2 is 1.93 bits per heavy atom. The molecule has 0 spiro atoms. The van der Waals surface area contributed by atoms with Crippen molar-refractivity contribution in [2.24, 2.45) is 5.92 Å². The molecule has 3 heterocycles. The van der Waals surface area contributed by atoms with Gasteiger partial charge in [0.15, 0.2) is 0 Å². The molecule has 3 rings (SSSR count). The summed E-state index contributed by atoms with van der Waals surface area (Å²) in [4.78, 5) is 35.0. The minimum atomic E-state index is 0.0626. The Balaban J connectivity index is 1.34. The average Bonchev–Trinajstić information content (AvgIpc) is 3.07. The van der Waals surface area contributed by atoms with Crippen molar-refractivity contribution in [3.05, 3.63) is 24.3 Å². The van der Waals surface area contributed by atoms with Gasteiger partial charge in [0.25, 0.3) is 0 Å². The summed E-state index contributed by atoms with van der Waals surface area (Å²) >= 11 is 0. The molecule has 2 aliphatic heterocycles. The Hall–Kier alpha value is -2.06. The number of hydrogen-bond acceptors (Lipinski definition) is 6. The lowest BCUT2D eigenvalue weighted by atomic mass is 9.99. The van der Waals surface area contributed by atoms with Gasteiger partial charge >= 0.3 is 0 Å². The van der Waals surface area contributed by atoms with Crippen LogP contribution in [0, 0.1) is 5.92 Å². The van der Waals surface area contributed by atoms with Crippen LogP contribution in [0.25, 0.3) is 0 Å². The summed E-state index contributed by atoms with van der Waals surface area (Å²) in [7, 11) is 2.05. The van der Waals surface area contributed by atoms with Crippen molar-refractivity contribution < 1.29 is 14.3 Å². The second-order valence-electron chi connectivity index (χ2n) is 7.68. The molecule has 2 fully saturated rings. The lowest BCUT2D eigenvalue weighted by Gasteiger charge is -2.27. The highest BCUT2D eigenvalue weighted by molar-refractivity contribution is 5.78. The van der Waals surface area contributed by atoms with Gasteiger partial charge < -0.3 is 15.4 Å². The number of ether oxygens (including phenoxy) is 1. The molecule has 0 radical (unpaired) electrons. The molecule has 0 bridgehead atoms. The molecule has 2 amide bonds. The molecule has 0 aliphatic carbocycles. The first-order valence-electron chi connectivity index (χ1n) is 10.2. The van der Waals surface area contributed by atoms with E-state index in [1.807, 2.05) is 0 Å². The lowest BCUT2D eigenvalue weighted by Crippen LogP contribution is -2.44. The maximum atomic E-state index is 12.3. The zero-order valence-electron chi connectivity index (χ0n) is 16.6. The van der Waals surface area contributed by atoms with Crippen molar-refractivity contribution in [1.29, 1.82) is 0 Å². The van der Waals surface area contributed by atoms with Gasteiger partial charge in [-0.2, -0.15) is 0 Å². The highest BCUT2D eigenvalue weighted by Crippen LogP contribution is 2.24. The molecular weight excluding hydrogens is 358 g/mol. The van der Waals surface area contributed by atoms with Gasteiger partial charge in [0.05, 0.1) is 5.69 Å². The molecule has 28 heavy (non-hydrogen) atoms. The Morgan fingerprint density at radius 1 is 1.14 bits per heavy atom. The quantitative estimate of drug-likeness (QED) is 0.673. The predicted molar refractivity (Wildman–Crippen MR) is 104 cm³/mol. The lowest BCUT2D eigenvalue weighted by molar-refractivity contribution is -0.128. The fraction of sp³-hybridized carbons (Fsp3) is 0.700. The molecule has 2 aliphatic rings. The molecule has 2 atom stereocenters. The molecule has 2 N–H and O–H groups in total. The van der Waals surface area contributed by atoms with Crippen molar-refractivity contribution in [1.82, 2.24) is 25.5 Å². The molecule has 0 saturated carbocycles. The highest BCUT2D eigenvalue weighted by Gasteiger charge is 2.32. The standard InChI is InChI=1S/C20H31N5O3/c1-25-17(12-19(26)23-7-4-16-13-21-8-9-22-16)2-3-18(25)14-24-20(27)15-5-10-28-11-6-15/h8-9,13,15,17-18H,2-7,10-12,14H2,1H3,(H,23,26)(H,24,27)/t17-,18+/m1/s1. The SMILES string of the molecule is CN1[C@@H](CC(=O)NCCc2cnccn2)CC[C@H]1CNC(=O)C1CCOCC1. The third-order valence-corrected chi connectivity index (χ3v) is 5.83. The zero-order valence-corrected chi connectivity index (χ0v) is 16.6. The van der Waals surface area contributed by atoms with E-state index in [0.717, 1.165) is 31.4 Å². The Bertz CT molecular complexity index is 636. The average molecular weight is 390 g/mol. The molecule has 1 aromatic rings. The van der Waals surface area contributed by atoms with Crippen LogP contribution in [0.3, 0.4) is 0 Å². The van der Waals surface area contributed by atoms with Gasteiger partial charge in [-0.05, 0) is 32.7 Å². The van der Waals surface area contributed by atoms with E-state index in [4.69, 9.17) is 4.74 Å². The van der Waals surface area contributed by atoms with Gasteiger partial charge in [0, 0.05) is 75.7 Å². The van der Waals surface area contributed by atoms with Crippen LogP contribution in [-0.4, -0.2) is 72.1 Å². The largest absolute Gasteiger partial charge is 0.381 e. The smallest absolute Gasteiger partial charge is 0.223 e. The third-order valence-electron chi connectivity index (χ3n) is 5.83. The number of hydrogen-bond donors (Lipinski definition) is 2. The van der Waals surface area contributed by atoms with E-state index in [0.29, 0.717) is 45.2 Å². The number of nitrogens with one attached hydrogen (secondary N) is 2. The van der Waals surface area contributed by atoms with E-state index in [9.17, 15) is 9.59 Å². The molecule has 0 aromatic carbocycles. The van der Waals surface area contributed by atoms with Gasteiger partial charge in [-0.15, -0.1) is 0 Å². The Labute approximate surface area is 166 Å². The second kappa shape index (κ2) is 10.5. The molecule has 8 nitrogen and oxygen atoms in total. The van der Waals surface area contributed by atoms with Crippen LogP contribution >= 0.6 is 0 Å². The third kappa shape index (κ3) is 5.97. The van der Waals surface area contributed by atoms with E-state index in [1.54, 1.807) is 18.6 Å². The number of nitrogens with zero attached hydrogens (tertiary/aromatic N) is 3. The molecule has 0 unspecified atom stereocenters. The summed E-state index contributed by atoms with van der Waals surface area (Å²) in [5.74, 6) is 0.283. The molecule has 2 saturated heterocycles. The van der Waals surface area contributed by atoms with E-state index >= 15 is 0 Å². The van der Waals surface area contributed by atoms with Crippen LogP contribution in [0.2, 0.25) is 0 Å². The first-order chi connectivity index (χ1) is 13.6. The van der Waals surface area contributed by atoms with Crippen molar-refractivity contribution in [2.45, 2.75) is 50.6 Å². The Morgan fingerprint density at radius 3 is 2.68 bits per heavy atom. The van der Waals surface area contributed by atoms with Crippen molar-refractivity contribution in [3.63, 3.8) is 0 Å². The summed E-state index contributed by atoms with van der Waals surface area (Å²) < 4.78 is 5.32. The first kappa shape index (κ1) is 20.7. The maximum absolute atomic E-state index is 12.3. The van der Waals surface area contributed by atoms with E-state index < -0.39 is 0 Å². The minimum absolute atomic E-state index is 0.0626. The van der Waals surface area contributed by atoms with Gasteiger partial charge in [0.1, 0.15) is 0 Å². The van der Waals surface area contributed by atoms with Gasteiger partial charge in [-0.25, -0.2) is 0 Å². The normalized spacial score (nSPS) is 23.5. The second-order valence-corrected chi connectivity index (χ2v) is 7.68. The summed E-state index contributed by atoms with van der Waals surface area (Å²) in [5, 5.41) is 6.07. The van der Waals surface area contributed by atoms with Crippen molar-refractivity contribution >= 4 is 11.8 Å². The van der Waals surface area contributed by atoms with E-state index in [1.165, 1.54) is 0 Å². The zero-order chi connectivity index (χ0) is 19.8. The van der Waals surface area contributed by atoms with Crippen LogP contribution in [0.15, 0.2) is 18.6 Å². The first-order valence-corrected chi connectivity index (χ1v) is 10.2. The number of aromatic nitrogens is 2. The van der Waals surface area contributed by atoms with Crippen LogP contribution in [0.1, 0.15) is 37.8 Å². The molecule has 154 valence electrons. The number of likely N-dealkylation sites (N-methyl/N-ethyl adjacent to an activating group) is 1. The maximum Gasteiger partial charge on any atom is 0.223 e. The molecular formula is C20H31N5O3. The number of amides is 2. The van der Waals surface area contributed by atoms with Gasteiger partial charge in [-0.3, -0.25) is 24.5 Å². The van der Waals surface area contributed by atoms with Crippen molar-refractivity contribution in [2.75, 3.05) is 33.4 Å². The van der Waals surface area contributed by atoms with Crippen molar-refractivity contribution in [3.8, 4) is 0 Å². The monoisotopic (exact) mass is 389 g/mol. The topological polar surface area (TPSA) is 96.5 Å². The Kier molecular flexibility index (Phi) is 7.73. The van der Waals surface area contributed by atoms with Crippen LogP contribution < -0.4 is 10.6 Å². The summed E-state index contributed by atoms with van der Waals surface area (Å²) in [6.07, 6.45) is 9.78. The van der Waals surface area contributed by atoms with Gasteiger partial charge in [0.2, 0.25) is 11.8 Å². The molecule has 1 aromatic heterocycles. The fourth-order valence-corrected chi connectivity index (χ4v) is 3.98. The summed E-state index contributed by atoms with van der Waals surface area (Å²) in [6.45, 7) is 2.57. The van der Waals surface area contributed by atoms with Crippen LogP contribution in [-0.2, 0) is 20.7 Å². The van der Waals surface area contributed by atoms with Crippen LogP contribution in [0.5, 0.6) is 0 Å². The highest BCUT2D eigenvalue weighted by atomic mass is 16.5. The van der Waals surface area contributed by atoms with Gasteiger partial charge in [-0.1, -0.05) is 0 Å². The summed E-state index contributed by atoms with van der Waals surface area (Å²) in [6, 6.07) is 0.516. The number of rotatable bonds is 8. The van der Waals surface area contributed by atoms with E-state index in [2.05, 4.69) is 32.5 Å². The number of carbonyl (C=O) groups excluding carboxylic acids is 2. The fourth-order valence-electron chi connectivity index (χ4n) is 3.98. The number of carbonyl (C=O) groups is 2. The van der Waals surface area contributed by atoms with E-state index in [-0.39, 0.29) is 23.8 Å². The predicted octanol–water partition coefficient (Wildman–Crippen LogP) is 0.531. The molecule has 8 heteroatoms.